The lowest BCUT2D eigenvalue weighted by atomic mass is 10.4. The molecule has 0 spiro atoms. The minimum atomic E-state index is -3.17. The third-order valence-electron chi connectivity index (χ3n) is 2.25. The summed E-state index contributed by atoms with van der Waals surface area (Å²) in [4.78, 5) is 0. The second kappa shape index (κ2) is 11.0. The van der Waals surface area contributed by atoms with Crippen LogP contribution in [-0.2, 0) is 14.8 Å². The van der Waals surface area contributed by atoms with Crippen LogP contribution >= 0.6 is 0 Å². The average molecular weight is 267 g/mol. The van der Waals surface area contributed by atoms with Gasteiger partial charge in [0.2, 0.25) is 10.0 Å². The molecule has 0 aromatic heterocycles. The maximum atomic E-state index is 11.4. The molecule has 17 heavy (non-hydrogen) atoms. The second-order valence-corrected chi connectivity index (χ2v) is 5.89. The van der Waals surface area contributed by atoms with Gasteiger partial charge in [-0.25, -0.2) is 13.1 Å². The molecule has 104 valence electrons. The topological polar surface area (TPSA) is 75.6 Å². The molecule has 5 nitrogen and oxygen atoms in total. The van der Waals surface area contributed by atoms with Crippen LogP contribution in [0.2, 0.25) is 0 Å². The van der Waals surface area contributed by atoms with Gasteiger partial charge in [-0.2, -0.15) is 0 Å². The molecule has 0 aliphatic heterocycles. The number of rotatable bonds is 12. The zero-order valence-corrected chi connectivity index (χ0v) is 11.5. The predicted octanol–water partition coefficient (Wildman–Crippen LogP) is 0.885. The van der Waals surface area contributed by atoms with Gasteiger partial charge in [0.15, 0.2) is 0 Å². The summed E-state index contributed by atoms with van der Waals surface area (Å²) >= 11 is 0. The normalized spacial score (nSPS) is 11.9. The molecule has 0 amide bonds. The SMILES string of the molecule is CCCCOCCCNS(=O)(=O)CCCCO. The van der Waals surface area contributed by atoms with Gasteiger partial charge in [0.05, 0.1) is 5.75 Å². The molecule has 0 rings (SSSR count). The Morgan fingerprint density at radius 1 is 1.12 bits per heavy atom. The molecule has 2 N–H and O–H groups in total. The number of hydrogen-bond acceptors (Lipinski definition) is 4. The zero-order valence-electron chi connectivity index (χ0n) is 10.7. The van der Waals surface area contributed by atoms with Crippen molar-refractivity contribution < 1.29 is 18.3 Å². The number of hydrogen-bond donors (Lipinski definition) is 2. The molecule has 0 saturated carbocycles. The molecule has 0 radical (unpaired) electrons. The molecule has 0 fully saturated rings. The third kappa shape index (κ3) is 12.1. The fourth-order valence-electron chi connectivity index (χ4n) is 1.23. The summed E-state index contributed by atoms with van der Waals surface area (Å²) in [6.45, 7) is 3.91. The van der Waals surface area contributed by atoms with E-state index in [0.29, 0.717) is 32.4 Å². The first-order valence-electron chi connectivity index (χ1n) is 6.28. The van der Waals surface area contributed by atoms with Gasteiger partial charge in [0.25, 0.3) is 0 Å². The van der Waals surface area contributed by atoms with Crippen molar-refractivity contribution in [3.63, 3.8) is 0 Å². The second-order valence-electron chi connectivity index (χ2n) is 3.96. The smallest absolute Gasteiger partial charge is 0.211 e. The first-order chi connectivity index (χ1) is 8.12. The quantitative estimate of drug-likeness (QED) is 0.515. The summed E-state index contributed by atoms with van der Waals surface area (Å²) in [6.07, 6.45) is 3.88. The van der Waals surface area contributed by atoms with Gasteiger partial charge in [-0.05, 0) is 25.7 Å². The molecule has 0 aliphatic carbocycles. The Balaban J connectivity index is 3.39. The maximum absolute atomic E-state index is 11.4. The molecule has 0 atom stereocenters. The van der Waals surface area contributed by atoms with Gasteiger partial charge >= 0.3 is 0 Å². The Hall–Kier alpha value is -0.170. The Morgan fingerprint density at radius 3 is 2.47 bits per heavy atom. The largest absolute Gasteiger partial charge is 0.396 e. The van der Waals surface area contributed by atoms with Crippen LogP contribution in [0.1, 0.15) is 39.0 Å². The van der Waals surface area contributed by atoms with Crippen molar-refractivity contribution in [3.8, 4) is 0 Å². The summed E-state index contributed by atoms with van der Waals surface area (Å²) in [5, 5.41) is 8.55. The minimum absolute atomic E-state index is 0.0424. The van der Waals surface area contributed by atoms with E-state index in [-0.39, 0.29) is 12.4 Å². The van der Waals surface area contributed by atoms with Crippen LogP contribution in [0.5, 0.6) is 0 Å². The van der Waals surface area contributed by atoms with Crippen molar-refractivity contribution >= 4 is 10.0 Å². The molecule has 0 aromatic rings. The van der Waals surface area contributed by atoms with E-state index >= 15 is 0 Å². The van der Waals surface area contributed by atoms with Gasteiger partial charge in [0, 0.05) is 26.4 Å². The lowest BCUT2D eigenvalue weighted by molar-refractivity contribution is 0.130. The number of ether oxygens (including phenoxy) is 1. The van der Waals surface area contributed by atoms with Gasteiger partial charge in [0.1, 0.15) is 0 Å². The molecule has 6 heteroatoms. The van der Waals surface area contributed by atoms with Crippen LogP contribution in [0.4, 0.5) is 0 Å². The fraction of sp³-hybridized carbons (Fsp3) is 1.00. The van der Waals surface area contributed by atoms with Crippen molar-refractivity contribution in [3.05, 3.63) is 0 Å². The number of aliphatic hydroxyl groups excluding tert-OH is 1. The number of sulfonamides is 1. The minimum Gasteiger partial charge on any atom is -0.396 e. The molecule has 0 aliphatic rings. The van der Waals surface area contributed by atoms with E-state index in [1.54, 1.807) is 0 Å². The number of unbranched alkanes of at least 4 members (excludes halogenated alkanes) is 2. The highest BCUT2D eigenvalue weighted by Gasteiger charge is 2.08. The maximum Gasteiger partial charge on any atom is 0.211 e. The van der Waals surface area contributed by atoms with Crippen molar-refractivity contribution in [2.45, 2.75) is 39.0 Å². The lowest BCUT2D eigenvalue weighted by Gasteiger charge is -2.06. The van der Waals surface area contributed by atoms with E-state index < -0.39 is 10.0 Å². The standard InChI is InChI=1S/C11H25NO4S/c1-2-3-9-16-10-6-7-12-17(14,15)11-5-4-8-13/h12-13H,2-11H2,1H3. The summed E-state index contributed by atoms with van der Waals surface area (Å²) in [5.41, 5.74) is 0. The number of nitrogens with one attached hydrogen (secondary N) is 1. The van der Waals surface area contributed by atoms with E-state index in [4.69, 9.17) is 9.84 Å². The molecule has 0 aromatic carbocycles. The summed E-state index contributed by atoms with van der Waals surface area (Å²) in [6, 6.07) is 0. The summed E-state index contributed by atoms with van der Waals surface area (Å²) < 4.78 is 30.7. The Morgan fingerprint density at radius 2 is 1.82 bits per heavy atom. The van der Waals surface area contributed by atoms with Crippen LogP contribution in [0.25, 0.3) is 0 Å². The van der Waals surface area contributed by atoms with Crippen LogP contribution in [0, 0.1) is 0 Å². The zero-order chi connectivity index (χ0) is 13.0. The van der Waals surface area contributed by atoms with Gasteiger partial charge in [-0.1, -0.05) is 13.3 Å². The summed E-state index contributed by atoms with van der Waals surface area (Å²) in [5.74, 6) is 0.0876. The Kier molecular flexibility index (Phi) is 10.8. The Bertz CT molecular complexity index is 254. The van der Waals surface area contributed by atoms with E-state index in [2.05, 4.69) is 11.6 Å². The highest BCUT2D eigenvalue weighted by molar-refractivity contribution is 7.89. The van der Waals surface area contributed by atoms with Crippen molar-refractivity contribution in [2.24, 2.45) is 0 Å². The molecule has 0 heterocycles. The van der Waals surface area contributed by atoms with Gasteiger partial charge < -0.3 is 9.84 Å². The molecule has 0 saturated heterocycles. The third-order valence-corrected chi connectivity index (χ3v) is 3.72. The highest BCUT2D eigenvalue weighted by Crippen LogP contribution is 1.94. The van der Waals surface area contributed by atoms with Crippen LogP contribution in [0.3, 0.4) is 0 Å². The highest BCUT2D eigenvalue weighted by atomic mass is 32.2. The first kappa shape index (κ1) is 16.8. The van der Waals surface area contributed by atoms with Crippen molar-refractivity contribution in [1.82, 2.24) is 4.72 Å². The monoisotopic (exact) mass is 267 g/mol. The lowest BCUT2D eigenvalue weighted by Crippen LogP contribution is -2.28. The molecule has 0 unspecified atom stereocenters. The van der Waals surface area contributed by atoms with Gasteiger partial charge in [-0.15, -0.1) is 0 Å². The van der Waals surface area contributed by atoms with E-state index in [9.17, 15) is 8.42 Å². The van der Waals surface area contributed by atoms with Gasteiger partial charge in [-0.3, -0.25) is 0 Å². The average Bonchev–Trinajstić information content (AvgIpc) is 2.28. The Labute approximate surface area is 105 Å². The van der Waals surface area contributed by atoms with Crippen LogP contribution in [-0.4, -0.2) is 45.6 Å². The summed E-state index contributed by atoms with van der Waals surface area (Å²) in [7, 11) is -3.17. The molecular weight excluding hydrogens is 242 g/mol. The van der Waals surface area contributed by atoms with Crippen molar-refractivity contribution in [2.75, 3.05) is 32.1 Å². The molecular formula is C11H25NO4S. The van der Waals surface area contributed by atoms with Crippen molar-refractivity contribution in [1.29, 1.82) is 0 Å². The predicted molar refractivity (Wildman–Crippen MR) is 68.5 cm³/mol. The van der Waals surface area contributed by atoms with E-state index in [1.165, 1.54) is 0 Å². The van der Waals surface area contributed by atoms with E-state index in [1.807, 2.05) is 0 Å². The first-order valence-corrected chi connectivity index (χ1v) is 7.93. The molecule has 0 bridgehead atoms. The number of aliphatic hydroxyl groups is 1. The fourth-order valence-corrected chi connectivity index (χ4v) is 2.41. The van der Waals surface area contributed by atoms with Crippen LogP contribution < -0.4 is 4.72 Å². The van der Waals surface area contributed by atoms with E-state index in [0.717, 1.165) is 19.4 Å². The van der Waals surface area contributed by atoms with Crippen LogP contribution in [0.15, 0.2) is 0 Å².